The summed E-state index contributed by atoms with van der Waals surface area (Å²) in [7, 11) is 0. The van der Waals surface area contributed by atoms with Crippen LogP contribution in [0.1, 0.15) is 19.8 Å². The molecule has 0 spiro atoms. The summed E-state index contributed by atoms with van der Waals surface area (Å²) < 4.78 is 5.48. The molecule has 0 radical (unpaired) electrons. The smallest absolute Gasteiger partial charge is 0.119 e. The second-order valence-electron chi connectivity index (χ2n) is 4.95. The van der Waals surface area contributed by atoms with E-state index in [1.54, 1.807) is 24.3 Å². The fourth-order valence-electron chi connectivity index (χ4n) is 1.87. The summed E-state index contributed by atoms with van der Waals surface area (Å²) in [4.78, 5) is 0. The number of ether oxygens (including phenoxy) is 1. The zero-order valence-corrected chi connectivity index (χ0v) is 11.4. The van der Waals surface area contributed by atoms with E-state index in [9.17, 15) is 5.11 Å². The quantitative estimate of drug-likeness (QED) is 0.799. The zero-order chi connectivity index (χ0) is 13.0. The van der Waals surface area contributed by atoms with Crippen molar-refractivity contribution < 1.29 is 9.84 Å². The lowest BCUT2D eigenvalue weighted by Gasteiger charge is -2.17. The molecule has 1 aromatic carbocycles. The molecule has 1 aromatic rings. The van der Waals surface area contributed by atoms with Crippen LogP contribution in [0.3, 0.4) is 0 Å². The Hall–Kier alpha value is -0.770. The minimum atomic E-state index is -0.484. The molecule has 0 bridgehead atoms. The second-order valence-corrected chi connectivity index (χ2v) is 5.39. The molecule has 0 saturated heterocycles. The van der Waals surface area contributed by atoms with Crippen LogP contribution in [0.15, 0.2) is 24.3 Å². The lowest BCUT2D eigenvalue weighted by molar-refractivity contribution is 0.103. The first-order chi connectivity index (χ1) is 8.65. The Balaban J connectivity index is 1.64. The highest BCUT2D eigenvalue weighted by molar-refractivity contribution is 6.30. The van der Waals surface area contributed by atoms with Gasteiger partial charge in [0.25, 0.3) is 0 Å². The average molecular weight is 270 g/mol. The Morgan fingerprint density at radius 2 is 2.06 bits per heavy atom. The number of hydrogen-bond acceptors (Lipinski definition) is 3. The number of aliphatic hydroxyl groups is 1. The van der Waals surface area contributed by atoms with E-state index in [-0.39, 0.29) is 0 Å². The molecule has 1 saturated carbocycles. The van der Waals surface area contributed by atoms with Crippen LogP contribution in [0.25, 0.3) is 0 Å². The minimum Gasteiger partial charge on any atom is -0.491 e. The molecular formula is C14H20ClNO2. The van der Waals surface area contributed by atoms with E-state index >= 15 is 0 Å². The highest BCUT2D eigenvalue weighted by atomic mass is 35.5. The van der Waals surface area contributed by atoms with Gasteiger partial charge in [-0.05, 0) is 49.9 Å². The van der Waals surface area contributed by atoms with Crippen LogP contribution in [0.5, 0.6) is 5.75 Å². The van der Waals surface area contributed by atoms with Crippen molar-refractivity contribution in [2.75, 3.05) is 13.2 Å². The van der Waals surface area contributed by atoms with E-state index in [1.165, 1.54) is 12.8 Å². The first-order valence-corrected chi connectivity index (χ1v) is 6.83. The fourth-order valence-corrected chi connectivity index (χ4v) is 1.99. The molecule has 0 amide bonds. The Bertz CT molecular complexity index is 365. The molecular weight excluding hydrogens is 250 g/mol. The second kappa shape index (κ2) is 6.41. The number of rotatable bonds is 7. The van der Waals surface area contributed by atoms with Crippen molar-refractivity contribution >= 4 is 11.6 Å². The molecule has 2 atom stereocenters. The van der Waals surface area contributed by atoms with Crippen molar-refractivity contribution in [3.8, 4) is 5.75 Å². The van der Waals surface area contributed by atoms with Crippen molar-refractivity contribution in [2.24, 2.45) is 5.92 Å². The highest BCUT2D eigenvalue weighted by Gasteiger charge is 2.27. The monoisotopic (exact) mass is 269 g/mol. The van der Waals surface area contributed by atoms with Crippen LogP contribution in [0, 0.1) is 5.92 Å². The van der Waals surface area contributed by atoms with Crippen molar-refractivity contribution in [1.29, 1.82) is 0 Å². The maximum absolute atomic E-state index is 9.80. The Morgan fingerprint density at radius 3 is 2.67 bits per heavy atom. The van der Waals surface area contributed by atoms with Gasteiger partial charge in [-0.3, -0.25) is 0 Å². The number of hydrogen-bond donors (Lipinski definition) is 2. The number of halogens is 1. The van der Waals surface area contributed by atoms with Crippen LogP contribution in [0.4, 0.5) is 0 Å². The van der Waals surface area contributed by atoms with Crippen LogP contribution >= 0.6 is 11.6 Å². The van der Waals surface area contributed by atoms with E-state index in [1.807, 2.05) is 0 Å². The van der Waals surface area contributed by atoms with Gasteiger partial charge >= 0.3 is 0 Å². The first-order valence-electron chi connectivity index (χ1n) is 6.45. The van der Waals surface area contributed by atoms with Crippen LogP contribution in [-0.2, 0) is 0 Å². The molecule has 0 aliphatic heterocycles. The Morgan fingerprint density at radius 1 is 1.39 bits per heavy atom. The normalized spacial score (nSPS) is 18.4. The van der Waals surface area contributed by atoms with E-state index in [0.717, 1.165) is 11.7 Å². The van der Waals surface area contributed by atoms with Crippen LogP contribution in [0.2, 0.25) is 5.02 Å². The fraction of sp³-hybridized carbons (Fsp3) is 0.571. The molecule has 2 rings (SSSR count). The third-order valence-corrected chi connectivity index (χ3v) is 3.51. The molecule has 2 unspecified atom stereocenters. The molecule has 1 aliphatic rings. The van der Waals surface area contributed by atoms with Gasteiger partial charge in [-0.15, -0.1) is 0 Å². The number of nitrogens with one attached hydrogen (secondary N) is 1. The lowest BCUT2D eigenvalue weighted by atomic mass is 10.2. The summed E-state index contributed by atoms with van der Waals surface area (Å²) in [5.74, 6) is 1.53. The summed E-state index contributed by atoms with van der Waals surface area (Å²) in [5.41, 5.74) is 0. The van der Waals surface area contributed by atoms with Crippen molar-refractivity contribution in [3.05, 3.63) is 29.3 Å². The van der Waals surface area contributed by atoms with E-state index in [2.05, 4.69) is 12.2 Å². The van der Waals surface area contributed by atoms with Gasteiger partial charge in [0.2, 0.25) is 0 Å². The van der Waals surface area contributed by atoms with Gasteiger partial charge in [0.15, 0.2) is 0 Å². The van der Waals surface area contributed by atoms with Crippen LogP contribution in [-0.4, -0.2) is 30.4 Å². The van der Waals surface area contributed by atoms with Gasteiger partial charge in [-0.1, -0.05) is 11.6 Å². The predicted molar refractivity (Wildman–Crippen MR) is 73.1 cm³/mol. The molecule has 2 N–H and O–H groups in total. The van der Waals surface area contributed by atoms with Gasteiger partial charge in [0.05, 0.1) is 0 Å². The number of aliphatic hydroxyl groups excluding tert-OH is 1. The molecule has 1 fully saturated rings. The topological polar surface area (TPSA) is 41.5 Å². The lowest BCUT2D eigenvalue weighted by Crippen LogP contribution is -2.37. The summed E-state index contributed by atoms with van der Waals surface area (Å²) in [6.45, 7) is 3.04. The average Bonchev–Trinajstić information content (AvgIpc) is 3.19. The first kappa shape index (κ1) is 13.7. The summed E-state index contributed by atoms with van der Waals surface area (Å²) in [6, 6.07) is 7.65. The van der Waals surface area contributed by atoms with Crippen molar-refractivity contribution in [2.45, 2.75) is 31.9 Å². The minimum absolute atomic E-state index is 0.298. The van der Waals surface area contributed by atoms with Gasteiger partial charge in [0, 0.05) is 17.6 Å². The number of benzene rings is 1. The van der Waals surface area contributed by atoms with Gasteiger partial charge in [-0.2, -0.15) is 0 Å². The highest BCUT2D eigenvalue weighted by Crippen LogP contribution is 2.32. The summed E-state index contributed by atoms with van der Waals surface area (Å²) >= 11 is 5.78. The van der Waals surface area contributed by atoms with Gasteiger partial charge in [-0.25, -0.2) is 0 Å². The molecule has 1 aliphatic carbocycles. The van der Waals surface area contributed by atoms with Crippen LogP contribution < -0.4 is 10.1 Å². The molecule has 100 valence electrons. The summed E-state index contributed by atoms with van der Waals surface area (Å²) in [5, 5.41) is 13.8. The van der Waals surface area contributed by atoms with Gasteiger partial charge in [0.1, 0.15) is 18.5 Å². The largest absolute Gasteiger partial charge is 0.491 e. The maximum Gasteiger partial charge on any atom is 0.119 e. The standard InChI is InChI=1S/C14H20ClNO2/c1-10(11-2-3-11)16-8-13(17)9-18-14-6-4-12(15)5-7-14/h4-7,10-11,13,16-17H,2-3,8-9H2,1H3. The Labute approximate surface area is 113 Å². The third kappa shape index (κ3) is 4.48. The molecule has 4 heteroatoms. The molecule has 0 aromatic heterocycles. The molecule has 0 heterocycles. The van der Waals surface area contributed by atoms with Crippen molar-refractivity contribution in [1.82, 2.24) is 5.32 Å². The SMILES string of the molecule is CC(NCC(O)COc1ccc(Cl)cc1)C1CC1. The summed E-state index contributed by atoms with van der Waals surface area (Å²) in [6.07, 6.45) is 2.14. The van der Waals surface area contributed by atoms with E-state index in [0.29, 0.717) is 24.2 Å². The zero-order valence-electron chi connectivity index (χ0n) is 10.6. The third-order valence-electron chi connectivity index (χ3n) is 3.26. The van der Waals surface area contributed by atoms with E-state index in [4.69, 9.17) is 16.3 Å². The Kier molecular flexibility index (Phi) is 4.87. The van der Waals surface area contributed by atoms with E-state index < -0.39 is 6.10 Å². The maximum atomic E-state index is 9.80. The predicted octanol–water partition coefficient (Wildman–Crippen LogP) is 2.47. The van der Waals surface area contributed by atoms with Crippen molar-refractivity contribution in [3.63, 3.8) is 0 Å². The molecule has 18 heavy (non-hydrogen) atoms. The van der Waals surface area contributed by atoms with Gasteiger partial charge < -0.3 is 15.2 Å². The molecule has 3 nitrogen and oxygen atoms in total.